The Balaban J connectivity index is 1.77. The Hall–Kier alpha value is -1.82. The molecule has 20 heavy (non-hydrogen) atoms. The summed E-state index contributed by atoms with van der Waals surface area (Å²) in [6.07, 6.45) is 1.15. The van der Waals surface area contributed by atoms with E-state index in [0.717, 1.165) is 19.0 Å². The van der Waals surface area contributed by atoms with Crippen molar-refractivity contribution in [2.45, 2.75) is 31.7 Å². The summed E-state index contributed by atoms with van der Waals surface area (Å²) in [7, 11) is 0. The number of rotatable bonds is 3. The van der Waals surface area contributed by atoms with Crippen molar-refractivity contribution < 1.29 is 13.3 Å². The second-order valence-corrected chi connectivity index (χ2v) is 5.10. The van der Waals surface area contributed by atoms with E-state index in [1.165, 1.54) is 12.1 Å². The maximum Gasteiger partial charge on any atom is 0.231 e. The third kappa shape index (κ3) is 2.56. The molecule has 1 aliphatic rings. The van der Waals surface area contributed by atoms with E-state index in [4.69, 9.17) is 4.52 Å². The summed E-state index contributed by atoms with van der Waals surface area (Å²) in [6.45, 7) is 3.00. The first-order valence-electron chi connectivity index (χ1n) is 6.63. The molecular weight excluding hydrogens is 264 g/mol. The Bertz CT molecular complexity index is 614. The molecule has 4 nitrogen and oxygen atoms in total. The molecule has 2 atom stereocenters. The normalized spacial score (nSPS) is 22.4. The van der Waals surface area contributed by atoms with Crippen molar-refractivity contribution in [1.29, 1.82) is 0 Å². The van der Waals surface area contributed by atoms with E-state index in [1.54, 1.807) is 0 Å². The second-order valence-electron chi connectivity index (χ2n) is 5.10. The van der Waals surface area contributed by atoms with Crippen molar-refractivity contribution in [3.63, 3.8) is 0 Å². The topological polar surface area (TPSA) is 51.0 Å². The number of benzene rings is 1. The van der Waals surface area contributed by atoms with Gasteiger partial charge in [0.15, 0.2) is 5.82 Å². The average Bonchev–Trinajstić information content (AvgIpc) is 3.01. The zero-order chi connectivity index (χ0) is 14.1. The van der Waals surface area contributed by atoms with Crippen LogP contribution < -0.4 is 5.32 Å². The van der Waals surface area contributed by atoms with Gasteiger partial charge in [0.25, 0.3) is 0 Å². The zero-order valence-electron chi connectivity index (χ0n) is 11.1. The third-order valence-electron chi connectivity index (χ3n) is 3.69. The molecule has 0 bridgehead atoms. The lowest BCUT2D eigenvalue weighted by Gasteiger charge is -2.08. The fourth-order valence-corrected chi connectivity index (χ4v) is 2.52. The number of aromatic nitrogens is 2. The van der Waals surface area contributed by atoms with Crippen LogP contribution in [0.3, 0.4) is 0 Å². The van der Waals surface area contributed by atoms with E-state index < -0.39 is 11.6 Å². The van der Waals surface area contributed by atoms with E-state index in [2.05, 4.69) is 22.4 Å². The highest BCUT2D eigenvalue weighted by molar-refractivity contribution is 5.22. The lowest BCUT2D eigenvalue weighted by Crippen LogP contribution is -2.21. The largest absolute Gasteiger partial charge is 0.339 e. The second kappa shape index (κ2) is 5.28. The molecule has 2 unspecified atom stereocenters. The first-order valence-corrected chi connectivity index (χ1v) is 6.63. The van der Waals surface area contributed by atoms with Gasteiger partial charge in [-0.25, -0.2) is 8.78 Å². The van der Waals surface area contributed by atoms with Crippen molar-refractivity contribution >= 4 is 0 Å². The van der Waals surface area contributed by atoms with Gasteiger partial charge >= 0.3 is 0 Å². The van der Waals surface area contributed by atoms with Crippen molar-refractivity contribution in [2.24, 2.45) is 0 Å². The maximum absolute atomic E-state index is 13.6. The van der Waals surface area contributed by atoms with Gasteiger partial charge in [0.1, 0.15) is 11.6 Å². The predicted octanol–water partition coefficient (Wildman–Crippen LogP) is 2.40. The lowest BCUT2D eigenvalue weighted by atomic mass is 10.0. The molecule has 1 N–H and O–H groups in total. The molecular formula is C14H15F2N3O. The molecule has 2 heterocycles. The number of halogens is 2. The first-order chi connectivity index (χ1) is 9.63. The quantitative estimate of drug-likeness (QED) is 0.937. The molecule has 2 aromatic rings. The summed E-state index contributed by atoms with van der Waals surface area (Å²) in [5.41, 5.74) is 0.358. The van der Waals surface area contributed by atoms with Gasteiger partial charge in [-0.3, -0.25) is 0 Å². The van der Waals surface area contributed by atoms with Crippen LogP contribution in [-0.2, 0) is 6.42 Å². The van der Waals surface area contributed by atoms with Crippen LogP contribution in [0.2, 0.25) is 0 Å². The molecule has 0 aliphatic carbocycles. The summed E-state index contributed by atoms with van der Waals surface area (Å²) in [5.74, 6) is 0.0251. The molecule has 0 spiro atoms. The number of nitrogens with one attached hydrogen (secondary N) is 1. The molecule has 0 saturated carbocycles. The van der Waals surface area contributed by atoms with Crippen LogP contribution in [0, 0.1) is 11.6 Å². The first kappa shape index (κ1) is 13.2. The van der Waals surface area contributed by atoms with E-state index in [9.17, 15) is 8.78 Å². The lowest BCUT2D eigenvalue weighted by molar-refractivity contribution is 0.342. The van der Waals surface area contributed by atoms with Crippen LogP contribution in [0.15, 0.2) is 22.7 Å². The smallest absolute Gasteiger partial charge is 0.231 e. The molecule has 1 aromatic heterocycles. The highest BCUT2D eigenvalue weighted by Crippen LogP contribution is 2.26. The summed E-state index contributed by atoms with van der Waals surface area (Å²) in [5, 5.41) is 7.19. The molecule has 106 valence electrons. The van der Waals surface area contributed by atoms with Gasteiger partial charge < -0.3 is 9.84 Å². The van der Waals surface area contributed by atoms with E-state index in [-0.39, 0.29) is 12.3 Å². The van der Waals surface area contributed by atoms with Gasteiger partial charge in [-0.1, -0.05) is 11.2 Å². The zero-order valence-corrected chi connectivity index (χ0v) is 11.1. The van der Waals surface area contributed by atoms with Crippen LogP contribution >= 0.6 is 0 Å². The Labute approximate surface area is 115 Å². The highest BCUT2D eigenvalue weighted by Gasteiger charge is 2.29. The maximum atomic E-state index is 13.6. The fourth-order valence-electron chi connectivity index (χ4n) is 2.52. The Morgan fingerprint density at radius 1 is 1.40 bits per heavy atom. The van der Waals surface area contributed by atoms with Crippen LogP contribution in [0.4, 0.5) is 8.78 Å². The van der Waals surface area contributed by atoms with Gasteiger partial charge in [0.2, 0.25) is 5.89 Å². The highest BCUT2D eigenvalue weighted by atomic mass is 19.1. The standard InChI is InChI=1S/C14H15F2N3O/c1-8-11(4-5-17-8)14-18-13(19-20-14)6-9-2-3-10(15)7-12(9)16/h2-3,7-8,11,17H,4-6H2,1H3. The van der Waals surface area contributed by atoms with Gasteiger partial charge in [0.05, 0.1) is 5.92 Å². The van der Waals surface area contributed by atoms with Gasteiger partial charge in [-0.15, -0.1) is 0 Å². The van der Waals surface area contributed by atoms with Crippen LogP contribution in [0.25, 0.3) is 0 Å². The average molecular weight is 279 g/mol. The van der Waals surface area contributed by atoms with Crippen LogP contribution in [0.5, 0.6) is 0 Å². The van der Waals surface area contributed by atoms with E-state index >= 15 is 0 Å². The van der Waals surface area contributed by atoms with Crippen LogP contribution in [-0.4, -0.2) is 22.7 Å². The summed E-state index contributed by atoms with van der Waals surface area (Å²) >= 11 is 0. The Morgan fingerprint density at radius 3 is 2.95 bits per heavy atom. The molecule has 1 aliphatic heterocycles. The molecule has 0 amide bonds. The summed E-state index contributed by atoms with van der Waals surface area (Å²) in [6, 6.07) is 3.79. The molecule has 0 radical (unpaired) electrons. The molecule has 3 rings (SSSR count). The monoisotopic (exact) mass is 279 g/mol. The molecule has 6 heteroatoms. The number of hydrogen-bond acceptors (Lipinski definition) is 4. The number of hydrogen-bond donors (Lipinski definition) is 1. The number of nitrogens with zero attached hydrogens (tertiary/aromatic N) is 2. The molecule has 1 aromatic carbocycles. The van der Waals surface area contributed by atoms with Crippen molar-refractivity contribution in [1.82, 2.24) is 15.5 Å². The van der Waals surface area contributed by atoms with Crippen molar-refractivity contribution in [2.75, 3.05) is 6.54 Å². The molecule has 1 fully saturated rings. The van der Waals surface area contributed by atoms with Crippen LogP contribution in [0.1, 0.15) is 36.5 Å². The summed E-state index contributed by atoms with van der Waals surface area (Å²) < 4.78 is 31.7. The van der Waals surface area contributed by atoms with Gasteiger partial charge in [-0.05, 0) is 31.5 Å². The van der Waals surface area contributed by atoms with E-state index in [1.807, 2.05) is 0 Å². The SMILES string of the molecule is CC1NCCC1c1nc(Cc2ccc(F)cc2F)no1. The minimum absolute atomic E-state index is 0.199. The van der Waals surface area contributed by atoms with E-state index in [0.29, 0.717) is 23.3 Å². The minimum atomic E-state index is -0.592. The molecule has 1 saturated heterocycles. The van der Waals surface area contributed by atoms with Gasteiger partial charge in [0, 0.05) is 18.5 Å². The Kier molecular flexibility index (Phi) is 3.48. The van der Waals surface area contributed by atoms with Crippen molar-refractivity contribution in [3.8, 4) is 0 Å². The minimum Gasteiger partial charge on any atom is -0.339 e. The third-order valence-corrected chi connectivity index (χ3v) is 3.69. The Morgan fingerprint density at radius 2 is 2.25 bits per heavy atom. The summed E-state index contributed by atoms with van der Waals surface area (Å²) in [4.78, 5) is 4.32. The fraction of sp³-hybridized carbons (Fsp3) is 0.429. The van der Waals surface area contributed by atoms with Crippen molar-refractivity contribution in [3.05, 3.63) is 47.1 Å². The van der Waals surface area contributed by atoms with Gasteiger partial charge in [-0.2, -0.15) is 4.98 Å². The predicted molar refractivity (Wildman–Crippen MR) is 68.3 cm³/mol.